The first-order valence-electron chi connectivity index (χ1n) is 6.29. The topological polar surface area (TPSA) is 84.2 Å². The quantitative estimate of drug-likeness (QED) is 0.746. The fourth-order valence-electron chi connectivity index (χ4n) is 2.41. The molecule has 2 rings (SSSR count). The summed E-state index contributed by atoms with van der Waals surface area (Å²) in [5.41, 5.74) is 1.93. The summed E-state index contributed by atoms with van der Waals surface area (Å²) in [6.45, 7) is 0.466. The molecule has 1 aliphatic rings. The molecule has 1 aromatic rings. The summed E-state index contributed by atoms with van der Waals surface area (Å²) in [7, 11) is -3.35. The van der Waals surface area contributed by atoms with Crippen molar-refractivity contribution < 1.29 is 13.5 Å². The maximum Gasteiger partial charge on any atom is 0.213 e. The number of aliphatic hydroxyl groups is 1. The Labute approximate surface area is 117 Å². The van der Waals surface area contributed by atoms with Gasteiger partial charge in [0, 0.05) is 17.1 Å². The number of hydrogen-bond acceptors (Lipinski definition) is 4. The van der Waals surface area contributed by atoms with E-state index in [-0.39, 0.29) is 24.3 Å². The minimum absolute atomic E-state index is 0.0246. The second kappa shape index (κ2) is 6.21. The van der Waals surface area contributed by atoms with Gasteiger partial charge >= 0.3 is 0 Å². The van der Waals surface area contributed by atoms with Gasteiger partial charge in [0.1, 0.15) is 0 Å². The van der Waals surface area contributed by atoms with Crippen LogP contribution in [0.4, 0.5) is 0 Å². The van der Waals surface area contributed by atoms with Gasteiger partial charge in [-0.1, -0.05) is 0 Å². The fraction of sp³-hybridized carbons (Fsp3) is 0.727. The van der Waals surface area contributed by atoms with Crippen molar-refractivity contribution in [1.29, 1.82) is 0 Å². The minimum Gasteiger partial charge on any atom is -0.394 e. The van der Waals surface area contributed by atoms with Gasteiger partial charge in [0.15, 0.2) is 0 Å². The summed E-state index contributed by atoms with van der Waals surface area (Å²) < 4.78 is 28.0. The van der Waals surface area contributed by atoms with Crippen molar-refractivity contribution in [3.8, 4) is 0 Å². The number of aliphatic hydroxyl groups excluding tert-OH is 1. The normalized spacial score (nSPS) is 19.4. The van der Waals surface area contributed by atoms with Gasteiger partial charge < -0.3 is 5.11 Å². The third-order valence-corrected chi connectivity index (χ3v) is 5.04. The number of nitrogens with zero attached hydrogens (tertiary/aromatic N) is 2. The van der Waals surface area contributed by atoms with Gasteiger partial charge in [-0.15, -0.1) is 11.6 Å². The van der Waals surface area contributed by atoms with Crippen LogP contribution in [0.25, 0.3) is 0 Å². The molecule has 19 heavy (non-hydrogen) atoms. The summed E-state index contributed by atoms with van der Waals surface area (Å²) in [5, 5.41) is 13.2. The Morgan fingerprint density at radius 1 is 1.58 bits per heavy atom. The first-order chi connectivity index (χ1) is 9.07. The van der Waals surface area contributed by atoms with Gasteiger partial charge in [-0.05, 0) is 19.3 Å². The van der Waals surface area contributed by atoms with Crippen molar-refractivity contribution in [1.82, 2.24) is 14.5 Å². The van der Waals surface area contributed by atoms with E-state index in [0.717, 1.165) is 30.5 Å². The molecule has 1 heterocycles. The maximum absolute atomic E-state index is 11.8. The third kappa shape index (κ3) is 3.47. The van der Waals surface area contributed by atoms with Crippen LogP contribution < -0.4 is 4.72 Å². The molecule has 108 valence electrons. The second-order valence-electron chi connectivity index (χ2n) is 4.56. The molecular weight excluding hydrogens is 290 g/mol. The molecule has 0 saturated carbocycles. The lowest BCUT2D eigenvalue weighted by molar-refractivity contribution is 0.266. The molecule has 0 amide bonds. The lowest BCUT2D eigenvalue weighted by Gasteiger charge is -2.23. The lowest BCUT2D eigenvalue weighted by atomic mass is 9.94. The Balaban J connectivity index is 2.19. The SMILES string of the molecule is O=S(=O)(CCCl)NC1CCCc2c1cnn2CCO. The number of nitrogens with one attached hydrogen (secondary N) is 1. The van der Waals surface area contributed by atoms with Gasteiger partial charge in [0.25, 0.3) is 0 Å². The highest BCUT2D eigenvalue weighted by Crippen LogP contribution is 2.30. The van der Waals surface area contributed by atoms with Gasteiger partial charge in [0.05, 0.1) is 31.1 Å². The van der Waals surface area contributed by atoms with Crippen LogP contribution in [0.15, 0.2) is 6.20 Å². The average molecular weight is 308 g/mol. The molecule has 6 nitrogen and oxygen atoms in total. The standard InChI is InChI=1S/C11H18ClN3O3S/c12-4-7-19(17,18)14-10-2-1-3-11-9(10)8-13-15(11)5-6-16/h8,10,14,16H,1-7H2. The van der Waals surface area contributed by atoms with Crippen molar-refractivity contribution in [3.63, 3.8) is 0 Å². The van der Waals surface area contributed by atoms with E-state index in [1.54, 1.807) is 10.9 Å². The molecule has 1 unspecified atom stereocenters. The van der Waals surface area contributed by atoms with Crippen LogP contribution in [0.5, 0.6) is 0 Å². The maximum atomic E-state index is 11.8. The molecule has 1 aromatic heterocycles. The number of rotatable bonds is 6. The van der Waals surface area contributed by atoms with Crippen LogP contribution >= 0.6 is 11.6 Å². The molecule has 2 N–H and O–H groups in total. The van der Waals surface area contributed by atoms with E-state index < -0.39 is 10.0 Å². The summed E-state index contributed by atoms with van der Waals surface area (Å²) in [6, 6.07) is -0.232. The van der Waals surface area contributed by atoms with E-state index >= 15 is 0 Å². The number of sulfonamides is 1. The predicted molar refractivity (Wildman–Crippen MR) is 72.6 cm³/mol. The van der Waals surface area contributed by atoms with Crippen LogP contribution in [0.2, 0.25) is 0 Å². The van der Waals surface area contributed by atoms with Crippen LogP contribution in [0.3, 0.4) is 0 Å². The Kier molecular flexibility index (Phi) is 4.83. The zero-order valence-corrected chi connectivity index (χ0v) is 12.1. The largest absolute Gasteiger partial charge is 0.394 e. The molecule has 0 aromatic carbocycles. The Morgan fingerprint density at radius 2 is 2.37 bits per heavy atom. The highest BCUT2D eigenvalue weighted by Gasteiger charge is 2.27. The fourth-order valence-corrected chi connectivity index (χ4v) is 4.01. The van der Waals surface area contributed by atoms with Crippen LogP contribution in [0.1, 0.15) is 30.1 Å². The molecule has 0 saturated heterocycles. The smallest absolute Gasteiger partial charge is 0.213 e. The first-order valence-corrected chi connectivity index (χ1v) is 8.47. The molecule has 0 fully saturated rings. The molecule has 1 aliphatic carbocycles. The van der Waals surface area contributed by atoms with Crippen molar-refractivity contribution in [3.05, 3.63) is 17.5 Å². The molecule has 0 radical (unpaired) electrons. The van der Waals surface area contributed by atoms with E-state index in [4.69, 9.17) is 16.7 Å². The van der Waals surface area contributed by atoms with E-state index in [9.17, 15) is 8.42 Å². The van der Waals surface area contributed by atoms with Gasteiger partial charge in [0.2, 0.25) is 10.0 Å². The van der Waals surface area contributed by atoms with Crippen molar-refractivity contribution in [2.75, 3.05) is 18.2 Å². The molecule has 0 spiro atoms. The number of fused-ring (bicyclic) bond motifs is 1. The van der Waals surface area contributed by atoms with E-state index in [1.807, 2.05) is 0 Å². The Bertz CT molecular complexity index is 529. The third-order valence-electron chi connectivity index (χ3n) is 3.24. The van der Waals surface area contributed by atoms with Crippen molar-refractivity contribution in [2.45, 2.75) is 31.8 Å². The highest BCUT2D eigenvalue weighted by molar-refractivity contribution is 7.89. The van der Waals surface area contributed by atoms with E-state index in [2.05, 4.69) is 9.82 Å². The second-order valence-corrected chi connectivity index (χ2v) is 6.82. The van der Waals surface area contributed by atoms with Crippen molar-refractivity contribution >= 4 is 21.6 Å². The van der Waals surface area contributed by atoms with Gasteiger partial charge in [-0.25, -0.2) is 13.1 Å². The summed E-state index contributed by atoms with van der Waals surface area (Å²) in [6.07, 6.45) is 4.22. The molecule has 0 bridgehead atoms. The number of alkyl halides is 1. The molecule has 0 aliphatic heterocycles. The van der Waals surface area contributed by atoms with Crippen LogP contribution in [-0.2, 0) is 23.0 Å². The molecular formula is C11H18ClN3O3S. The van der Waals surface area contributed by atoms with Gasteiger partial charge in [-0.2, -0.15) is 5.10 Å². The van der Waals surface area contributed by atoms with Crippen LogP contribution in [-0.4, -0.2) is 41.5 Å². The van der Waals surface area contributed by atoms with Gasteiger partial charge in [-0.3, -0.25) is 4.68 Å². The first kappa shape index (κ1) is 14.8. The molecule has 8 heteroatoms. The molecule has 1 atom stereocenters. The average Bonchev–Trinajstić information content (AvgIpc) is 2.74. The van der Waals surface area contributed by atoms with Crippen LogP contribution in [0, 0.1) is 0 Å². The zero-order chi connectivity index (χ0) is 13.9. The number of halogens is 1. The summed E-state index contributed by atoms with van der Waals surface area (Å²) in [5.74, 6) is 0.00382. The predicted octanol–water partition coefficient (Wildman–Crippen LogP) is 0.411. The Morgan fingerprint density at radius 3 is 3.05 bits per heavy atom. The van der Waals surface area contributed by atoms with E-state index in [1.165, 1.54) is 0 Å². The summed E-state index contributed by atoms with van der Waals surface area (Å²) >= 11 is 5.49. The number of hydrogen-bond donors (Lipinski definition) is 2. The summed E-state index contributed by atoms with van der Waals surface area (Å²) in [4.78, 5) is 0. The Hall–Kier alpha value is -0.630. The highest BCUT2D eigenvalue weighted by atomic mass is 35.5. The van der Waals surface area contributed by atoms with Crippen molar-refractivity contribution in [2.24, 2.45) is 0 Å². The monoisotopic (exact) mass is 307 g/mol. The minimum atomic E-state index is -3.35. The zero-order valence-electron chi connectivity index (χ0n) is 10.5. The van der Waals surface area contributed by atoms with E-state index in [0.29, 0.717) is 6.54 Å². The lowest BCUT2D eigenvalue weighted by Crippen LogP contribution is -2.33. The number of aromatic nitrogens is 2.